The smallest absolute Gasteiger partial charge is 0.273 e. The summed E-state index contributed by atoms with van der Waals surface area (Å²) in [5.41, 5.74) is 0.352. The van der Waals surface area contributed by atoms with E-state index in [2.05, 4.69) is 10.5 Å². The molecule has 2 rings (SSSR count). The van der Waals surface area contributed by atoms with Crippen molar-refractivity contribution < 1.29 is 14.1 Å². The van der Waals surface area contributed by atoms with Gasteiger partial charge in [-0.25, -0.2) is 0 Å². The lowest BCUT2D eigenvalue weighted by atomic mass is 10.2. The van der Waals surface area contributed by atoms with E-state index in [0.29, 0.717) is 18.2 Å². The number of nitrogens with zero attached hydrogens (tertiary/aromatic N) is 1. The maximum atomic E-state index is 11.7. The summed E-state index contributed by atoms with van der Waals surface area (Å²) < 4.78 is 10.0. The number of hydrogen-bond donors (Lipinski definition) is 1. The zero-order chi connectivity index (χ0) is 11.5. The Morgan fingerprint density at radius 1 is 1.75 bits per heavy atom. The monoisotopic (exact) mass is 224 g/mol. The van der Waals surface area contributed by atoms with Gasteiger partial charge in [0.25, 0.3) is 5.91 Å². The van der Waals surface area contributed by atoms with Crippen LogP contribution in [-0.2, 0) is 4.74 Å². The van der Waals surface area contributed by atoms with Gasteiger partial charge in [-0.1, -0.05) is 5.16 Å². The topological polar surface area (TPSA) is 64.4 Å². The molecule has 1 aromatic heterocycles. The van der Waals surface area contributed by atoms with E-state index in [-0.39, 0.29) is 11.9 Å². The van der Waals surface area contributed by atoms with Gasteiger partial charge in [0.15, 0.2) is 5.69 Å². The molecule has 5 nitrogen and oxygen atoms in total. The van der Waals surface area contributed by atoms with E-state index in [4.69, 9.17) is 9.26 Å². The summed E-state index contributed by atoms with van der Waals surface area (Å²) in [6.45, 7) is 2.36. The van der Waals surface area contributed by atoms with Crippen LogP contribution in [0, 0.1) is 0 Å². The number of carbonyl (C=O) groups is 1. The highest BCUT2D eigenvalue weighted by Crippen LogP contribution is 2.40. The van der Waals surface area contributed by atoms with E-state index in [1.807, 2.05) is 6.92 Å². The average Bonchev–Trinajstić information content (AvgIpc) is 2.96. The lowest BCUT2D eigenvalue weighted by Crippen LogP contribution is -2.35. The third-order valence-corrected chi connectivity index (χ3v) is 2.53. The summed E-state index contributed by atoms with van der Waals surface area (Å²) in [5.74, 6) is 1.09. The molecule has 1 aliphatic carbocycles. The Labute approximate surface area is 94.1 Å². The molecule has 0 aromatic carbocycles. The fourth-order valence-corrected chi connectivity index (χ4v) is 1.55. The van der Waals surface area contributed by atoms with Gasteiger partial charge in [-0.3, -0.25) is 4.79 Å². The second-order valence-electron chi connectivity index (χ2n) is 4.22. The number of rotatable bonds is 5. The van der Waals surface area contributed by atoms with Gasteiger partial charge in [0.2, 0.25) is 0 Å². The van der Waals surface area contributed by atoms with Crippen molar-refractivity contribution in [1.82, 2.24) is 10.5 Å². The van der Waals surface area contributed by atoms with Gasteiger partial charge in [0.1, 0.15) is 5.76 Å². The number of ether oxygens (including phenoxy) is 1. The zero-order valence-electron chi connectivity index (χ0n) is 9.53. The van der Waals surface area contributed by atoms with Crippen molar-refractivity contribution in [3.8, 4) is 0 Å². The van der Waals surface area contributed by atoms with E-state index in [1.54, 1.807) is 13.2 Å². The number of carbonyl (C=O) groups excluding carboxylic acids is 1. The molecule has 16 heavy (non-hydrogen) atoms. The van der Waals surface area contributed by atoms with Gasteiger partial charge in [-0.2, -0.15) is 0 Å². The second-order valence-corrected chi connectivity index (χ2v) is 4.22. The zero-order valence-corrected chi connectivity index (χ0v) is 9.53. The van der Waals surface area contributed by atoms with Crippen molar-refractivity contribution >= 4 is 5.91 Å². The minimum Gasteiger partial charge on any atom is -0.383 e. The number of hydrogen-bond acceptors (Lipinski definition) is 4. The van der Waals surface area contributed by atoms with Crippen molar-refractivity contribution in [1.29, 1.82) is 0 Å². The van der Waals surface area contributed by atoms with Crippen LogP contribution in [0.2, 0.25) is 0 Å². The molecule has 1 saturated carbocycles. The Morgan fingerprint density at radius 3 is 3.12 bits per heavy atom. The maximum Gasteiger partial charge on any atom is 0.273 e. The first-order valence-corrected chi connectivity index (χ1v) is 5.47. The second kappa shape index (κ2) is 4.65. The number of nitrogens with one attached hydrogen (secondary N) is 1. The van der Waals surface area contributed by atoms with Crippen LogP contribution in [0.15, 0.2) is 10.6 Å². The van der Waals surface area contributed by atoms with E-state index in [1.165, 1.54) is 0 Å². The summed E-state index contributed by atoms with van der Waals surface area (Å²) in [5, 5.41) is 6.55. The van der Waals surface area contributed by atoms with Crippen LogP contribution in [0.25, 0.3) is 0 Å². The normalized spacial score (nSPS) is 17.1. The van der Waals surface area contributed by atoms with Crippen molar-refractivity contribution in [2.75, 3.05) is 13.7 Å². The van der Waals surface area contributed by atoms with Gasteiger partial charge < -0.3 is 14.6 Å². The SMILES string of the molecule is COCC(C)NC(=O)c1cc(C2CC2)on1. The summed E-state index contributed by atoms with van der Waals surface area (Å²) >= 11 is 0. The lowest BCUT2D eigenvalue weighted by molar-refractivity contribution is 0.0896. The van der Waals surface area contributed by atoms with Gasteiger partial charge in [-0.15, -0.1) is 0 Å². The third-order valence-electron chi connectivity index (χ3n) is 2.53. The molecule has 5 heteroatoms. The highest BCUT2D eigenvalue weighted by atomic mass is 16.5. The predicted octanol–water partition coefficient (Wildman–Crippen LogP) is 1.32. The third kappa shape index (κ3) is 2.61. The van der Waals surface area contributed by atoms with Crippen LogP contribution in [0.5, 0.6) is 0 Å². The molecule has 1 N–H and O–H groups in total. The van der Waals surface area contributed by atoms with Crippen molar-refractivity contribution in [2.45, 2.75) is 31.7 Å². The Hall–Kier alpha value is -1.36. The molecule has 0 bridgehead atoms. The molecule has 1 atom stereocenters. The Morgan fingerprint density at radius 2 is 2.50 bits per heavy atom. The molecule has 0 spiro atoms. The van der Waals surface area contributed by atoms with Crippen LogP contribution >= 0.6 is 0 Å². The minimum absolute atomic E-state index is 0.0291. The highest BCUT2D eigenvalue weighted by molar-refractivity contribution is 5.92. The first kappa shape index (κ1) is 11.1. The van der Waals surface area contributed by atoms with E-state index in [9.17, 15) is 4.79 Å². The molecule has 1 fully saturated rings. The first-order valence-electron chi connectivity index (χ1n) is 5.47. The maximum absolute atomic E-state index is 11.7. The van der Waals surface area contributed by atoms with Crippen molar-refractivity contribution in [3.63, 3.8) is 0 Å². The standard InChI is InChI=1S/C11H16N2O3/c1-7(6-15-2)12-11(14)9-5-10(16-13-9)8-3-4-8/h5,7-8H,3-4,6H2,1-2H3,(H,12,14). The van der Waals surface area contributed by atoms with E-state index >= 15 is 0 Å². The van der Waals surface area contributed by atoms with Crippen molar-refractivity contribution in [3.05, 3.63) is 17.5 Å². The minimum atomic E-state index is -0.208. The van der Waals surface area contributed by atoms with Crippen LogP contribution in [0.3, 0.4) is 0 Å². The molecule has 1 aromatic rings. The molecule has 0 radical (unpaired) electrons. The van der Waals surface area contributed by atoms with E-state index in [0.717, 1.165) is 18.6 Å². The fraction of sp³-hybridized carbons (Fsp3) is 0.636. The van der Waals surface area contributed by atoms with Gasteiger partial charge >= 0.3 is 0 Å². The highest BCUT2D eigenvalue weighted by Gasteiger charge is 2.29. The molecular formula is C11H16N2O3. The molecule has 1 heterocycles. The van der Waals surface area contributed by atoms with Gasteiger partial charge in [-0.05, 0) is 19.8 Å². The van der Waals surface area contributed by atoms with Crippen LogP contribution in [0.1, 0.15) is 41.9 Å². The van der Waals surface area contributed by atoms with Crippen LogP contribution in [-0.4, -0.2) is 30.8 Å². The number of amides is 1. The summed E-state index contributed by atoms with van der Waals surface area (Å²) in [4.78, 5) is 11.7. The Bertz CT molecular complexity index is 371. The summed E-state index contributed by atoms with van der Waals surface area (Å²) in [6, 6.07) is 1.70. The van der Waals surface area contributed by atoms with Crippen LogP contribution in [0.4, 0.5) is 0 Å². The lowest BCUT2D eigenvalue weighted by Gasteiger charge is -2.10. The van der Waals surface area contributed by atoms with E-state index < -0.39 is 0 Å². The molecule has 0 aliphatic heterocycles. The van der Waals surface area contributed by atoms with Crippen LogP contribution < -0.4 is 5.32 Å². The van der Waals surface area contributed by atoms with Gasteiger partial charge in [0, 0.05) is 25.1 Å². The number of aromatic nitrogens is 1. The predicted molar refractivity (Wildman–Crippen MR) is 57.3 cm³/mol. The first-order chi connectivity index (χ1) is 7.70. The fourth-order valence-electron chi connectivity index (χ4n) is 1.55. The summed E-state index contributed by atoms with van der Waals surface area (Å²) in [6.07, 6.45) is 2.27. The molecule has 0 saturated heterocycles. The Kier molecular flexibility index (Phi) is 3.24. The molecule has 88 valence electrons. The summed E-state index contributed by atoms with van der Waals surface area (Å²) in [7, 11) is 1.60. The van der Waals surface area contributed by atoms with Crippen molar-refractivity contribution in [2.24, 2.45) is 0 Å². The van der Waals surface area contributed by atoms with Gasteiger partial charge in [0.05, 0.1) is 6.61 Å². The molecule has 1 amide bonds. The Balaban J connectivity index is 1.92. The number of methoxy groups -OCH3 is 1. The average molecular weight is 224 g/mol. The largest absolute Gasteiger partial charge is 0.383 e. The quantitative estimate of drug-likeness (QED) is 0.819. The molecule has 1 aliphatic rings. The molecule has 1 unspecified atom stereocenters. The molecular weight excluding hydrogens is 208 g/mol.